The summed E-state index contributed by atoms with van der Waals surface area (Å²) < 4.78 is 14.0. The Kier molecular flexibility index (Phi) is 4.84. The van der Waals surface area contributed by atoms with Crippen LogP contribution in [0.3, 0.4) is 0 Å². The molecule has 27 heavy (non-hydrogen) atoms. The third-order valence-corrected chi connectivity index (χ3v) is 4.33. The van der Waals surface area contributed by atoms with Crippen LogP contribution in [-0.2, 0) is 0 Å². The topological polar surface area (TPSA) is 25.8 Å². The number of benzene rings is 2. The van der Waals surface area contributed by atoms with Gasteiger partial charge in [0.15, 0.2) is 0 Å². The van der Waals surface area contributed by atoms with Gasteiger partial charge in [-0.3, -0.25) is 9.97 Å². The molecule has 0 radical (unpaired) electrons. The molecule has 0 aliphatic rings. The zero-order valence-corrected chi connectivity index (χ0v) is 14.6. The Morgan fingerprint density at radius 2 is 1.04 bits per heavy atom. The summed E-state index contributed by atoms with van der Waals surface area (Å²) in [6, 6.07) is 21.0. The lowest BCUT2D eigenvalue weighted by atomic mass is 10.0. The molecule has 0 unspecified atom stereocenters. The van der Waals surface area contributed by atoms with Crippen molar-refractivity contribution in [3.8, 4) is 22.3 Å². The maximum atomic E-state index is 14.0. The quantitative estimate of drug-likeness (QED) is 0.414. The van der Waals surface area contributed by atoms with Gasteiger partial charge < -0.3 is 0 Å². The molecule has 0 saturated carbocycles. The molecule has 0 saturated heterocycles. The SMILES string of the molecule is Fc1cc(C=Cc2ccc(-c3ccncc3)cc2)cc(-c2ccncc2)c1. The lowest BCUT2D eigenvalue weighted by molar-refractivity contribution is 0.628. The average molecular weight is 352 g/mol. The van der Waals surface area contributed by atoms with E-state index < -0.39 is 0 Å². The summed E-state index contributed by atoms with van der Waals surface area (Å²) >= 11 is 0. The van der Waals surface area contributed by atoms with Crippen molar-refractivity contribution in [2.75, 3.05) is 0 Å². The highest BCUT2D eigenvalue weighted by Crippen LogP contribution is 2.23. The van der Waals surface area contributed by atoms with Crippen LogP contribution in [0.25, 0.3) is 34.4 Å². The van der Waals surface area contributed by atoms with Crippen LogP contribution in [0.5, 0.6) is 0 Å². The van der Waals surface area contributed by atoms with Gasteiger partial charge in [-0.15, -0.1) is 0 Å². The first-order valence-electron chi connectivity index (χ1n) is 8.67. The summed E-state index contributed by atoms with van der Waals surface area (Å²) in [5.41, 5.74) is 5.93. The first-order valence-corrected chi connectivity index (χ1v) is 8.67. The summed E-state index contributed by atoms with van der Waals surface area (Å²) in [4.78, 5) is 8.05. The van der Waals surface area contributed by atoms with E-state index in [0.29, 0.717) is 0 Å². The maximum absolute atomic E-state index is 14.0. The van der Waals surface area contributed by atoms with Crippen molar-refractivity contribution in [3.05, 3.63) is 108 Å². The minimum absolute atomic E-state index is 0.253. The number of pyridine rings is 2. The Hall–Kier alpha value is -3.59. The van der Waals surface area contributed by atoms with Crippen molar-refractivity contribution >= 4 is 12.2 Å². The first kappa shape index (κ1) is 16.9. The lowest BCUT2D eigenvalue weighted by Gasteiger charge is -2.04. The Bertz CT molecular complexity index is 1060. The molecule has 0 bridgehead atoms. The van der Waals surface area contributed by atoms with Crippen molar-refractivity contribution in [2.24, 2.45) is 0 Å². The van der Waals surface area contributed by atoms with Gasteiger partial charge in [0, 0.05) is 24.8 Å². The Balaban J connectivity index is 1.57. The predicted molar refractivity (Wildman–Crippen MR) is 108 cm³/mol. The molecule has 0 spiro atoms. The van der Waals surface area contributed by atoms with Crippen LogP contribution in [0.1, 0.15) is 11.1 Å². The Morgan fingerprint density at radius 1 is 0.519 bits per heavy atom. The summed E-state index contributed by atoms with van der Waals surface area (Å²) in [6.07, 6.45) is 10.9. The maximum Gasteiger partial charge on any atom is 0.124 e. The van der Waals surface area contributed by atoms with E-state index in [4.69, 9.17) is 0 Å². The summed E-state index contributed by atoms with van der Waals surface area (Å²) in [5, 5.41) is 0. The van der Waals surface area contributed by atoms with Crippen molar-refractivity contribution in [1.29, 1.82) is 0 Å². The van der Waals surface area contributed by atoms with Crippen LogP contribution in [0, 0.1) is 5.82 Å². The number of hydrogen-bond donors (Lipinski definition) is 0. The number of aromatic nitrogens is 2. The number of nitrogens with zero attached hydrogens (tertiary/aromatic N) is 2. The molecule has 2 heterocycles. The fraction of sp³-hybridized carbons (Fsp3) is 0. The Labute approximate surface area is 157 Å². The molecule has 4 aromatic rings. The molecule has 0 amide bonds. The van der Waals surface area contributed by atoms with Gasteiger partial charge in [0.2, 0.25) is 0 Å². The molecule has 2 aromatic heterocycles. The first-order chi connectivity index (χ1) is 13.3. The zero-order chi connectivity index (χ0) is 18.5. The van der Waals surface area contributed by atoms with Gasteiger partial charge in [0.1, 0.15) is 5.82 Å². The molecule has 130 valence electrons. The normalized spacial score (nSPS) is 11.0. The molecule has 2 aromatic carbocycles. The van der Waals surface area contributed by atoms with Crippen molar-refractivity contribution in [1.82, 2.24) is 9.97 Å². The van der Waals surface area contributed by atoms with Gasteiger partial charge in [0.25, 0.3) is 0 Å². The average Bonchev–Trinajstić information content (AvgIpc) is 2.73. The van der Waals surface area contributed by atoms with Gasteiger partial charge in [-0.1, -0.05) is 36.4 Å². The summed E-state index contributed by atoms with van der Waals surface area (Å²) in [5.74, 6) is -0.253. The standard InChI is InChI=1S/C24H17FN2/c25-24-16-19(15-23(17-24)22-9-13-27-14-10-22)2-1-18-3-5-20(6-4-18)21-7-11-26-12-8-21/h1-17H. The smallest absolute Gasteiger partial charge is 0.124 e. The van der Waals surface area contributed by atoms with Crippen LogP contribution >= 0.6 is 0 Å². The highest BCUT2D eigenvalue weighted by atomic mass is 19.1. The predicted octanol–water partition coefficient (Wildman–Crippen LogP) is 6.12. The van der Waals surface area contributed by atoms with Crippen LogP contribution < -0.4 is 0 Å². The van der Waals surface area contributed by atoms with Crippen molar-refractivity contribution < 1.29 is 4.39 Å². The highest BCUT2D eigenvalue weighted by Gasteiger charge is 2.02. The van der Waals surface area contributed by atoms with E-state index in [1.165, 1.54) is 12.1 Å². The van der Waals surface area contributed by atoms with Crippen LogP contribution in [0.15, 0.2) is 91.5 Å². The molecular formula is C24H17FN2. The summed E-state index contributed by atoms with van der Waals surface area (Å²) in [7, 11) is 0. The molecule has 0 fully saturated rings. The van der Waals surface area contributed by atoms with E-state index in [2.05, 4.69) is 34.2 Å². The minimum Gasteiger partial charge on any atom is -0.265 e. The van der Waals surface area contributed by atoms with E-state index in [9.17, 15) is 4.39 Å². The molecule has 4 rings (SSSR count). The summed E-state index contributed by atoms with van der Waals surface area (Å²) in [6.45, 7) is 0. The lowest BCUT2D eigenvalue weighted by Crippen LogP contribution is -1.84. The third kappa shape index (κ3) is 4.15. The van der Waals surface area contributed by atoms with E-state index in [1.54, 1.807) is 24.8 Å². The largest absolute Gasteiger partial charge is 0.265 e. The second-order valence-corrected chi connectivity index (χ2v) is 6.20. The molecule has 0 aliphatic carbocycles. The molecule has 0 N–H and O–H groups in total. The molecular weight excluding hydrogens is 335 g/mol. The zero-order valence-electron chi connectivity index (χ0n) is 14.6. The van der Waals surface area contributed by atoms with Gasteiger partial charge in [-0.2, -0.15) is 0 Å². The number of halogens is 1. The second-order valence-electron chi connectivity index (χ2n) is 6.20. The van der Waals surface area contributed by atoms with Crippen LogP contribution in [-0.4, -0.2) is 9.97 Å². The molecule has 2 nitrogen and oxygen atoms in total. The van der Waals surface area contributed by atoms with Crippen LogP contribution in [0.2, 0.25) is 0 Å². The fourth-order valence-electron chi connectivity index (χ4n) is 2.94. The Morgan fingerprint density at radius 3 is 1.67 bits per heavy atom. The number of hydrogen-bond acceptors (Lipinski definition) is 2. The third-order valence-electron chi connectivity index (χ3n) is 4.33. The fourth-order valence-corrected chi connectivity index (χ4v) is 2.94. The highest BCUT2D eigenvalue weighted by molar-refractivity contribution is 5.75. The molecule has 0 atom stereocenters. The van der Waals surface area contributed by atoms with E-state index in [-0.39, 0.29) is 5.82 Å². The van der Waals surface area contributed by atoms with E-state index in [0.717, 1.165) is 33.4 Å². The van der Waals surface area contributed by atoms with E-state index in [1.807, 2.05) is 42.5 Å². The van der Waals surface area contributed by atoms with E-state index >= 15 is 0 Å². The van der Waals surface area contributed by atoms with Gasteiger partial charge >= 0.3 is 0 Å². The molecule has 0 aliphatic heterocycles. The van der Waals surface area contributed by atoms with Gasteiger partial charge in [-0.05, 0) is 75.8 Å². The van der Waals surface area contributed by atoms with Crippen molar-refractivity contribution in [3.63, 3.8) is 0 Å². The molecule has 3 heteroatoms. The second kappa shape index (κ2) is 7.75. The van der Waals surface area contributed by atoms with Crippen LogP contribution in [0.4, 0.5) is 4.39 Å². The van der Waals surface area contributed by atoms with Gasteiger partial charge in [-0.25, -0.2) is 4.39 Å². The minimum atomic E-state index is -0.253. The monoisotopic (exact) mass is 352 g/mol. The van der Waals surface area contributed by atoms with Crippen molar-refractivity contribution in [2.45, 2.75) is 0 Å². The number of rotatable bonds is 4. The van der Waals surface area contributed by atoms with Gasteiger partial charge in [0.05, 0.1) is 0 Å².